The predicted molar refractivity (Wildman–Crippen MR) is 125 cm³/mol. The maximum absolute atomic E-state index is 12.3. The van der Waals surface area contributed by atoms with Crippen LogP contribution in [0.2, 0.25) is 0 Å². The quantitative estimate of drug-likeness (QED) is 0.314. The van der Waals surface area contributed by atoms with E-state index < -0.39 is 0 Å². The highest BCUT2D eigenvalue weighted by molar-refractivity contribution is 5.81. The van der Waals surface area contributed by atoms with Crippen molar-refractivity contribution >= 4 is 11.9 Å². The summed E-state index contributed by atoms with van der Waals surface area (Å²) < 4.78 is 10.9. The van der Waals surface area contributed by atoms with Crippen molar-refractivity contribution in [2.75, 3.05) is 61.1 Å². The molecule has 1 fully saturated rings. The molecule has 31 heavy (non-hydrogen) atoms. The van der Waals surface area contributed by atoms with Crippen LogP contribution in [0.1, 0.15) is 30.4 Å². The molecule has 8 heteroatoms. The van der Waals surface area contributed by atoms with E-state index in [0.29, 0.717) is 19.8 Å². The first-order valence-corrected chi connectivity index (χ1v) is 11.1. The molecule has 0 spiro atoms. The Morgan fingerprint density at radius 2 is 2.10 bits per heavy atom. The Morgan fingerprint density at radius 3 is 2.81 bits per heavy atom. The van der Waals surface area contributed by atoms with Gasteiger partial charge in [0, 0.05) is 53.5 Å². The number of methoxy groups -OCH3 is 1. The molecule has 0 aromatic heterocycles. The summed E-state index contributed by atoms with van der Waals surface area (Å²) in [6, 6.07) is 6.24. The van der Waals surface area contributed by atoms with Crippen LogP contribution in [0.15, 0.2) is 23.2 Å². The normalized spacial score (nSPS) is 16.9. The summed E-state index contributed by atoms with van der Waals surface area (Å²) in [5, 5.41) is 6.73. The number of likely N-dealkylation sites (N-methyl/N-ethyl adjacent to an activating group) is 1. The number of carbonyl (C=O) groups is 1. The summed E-state index contributed by atoms with van der Waals surface area (Å²) in [5.74, 6) is 1.83. The molecule has 1 aliphatic rings. The van der Waals surface area contributed by atoms with Crippen molar-refractivity contribution in [3.63, 3.8) is 0 Å². The van der Waals surface area contributed by atoms with Gasteiger partial charge in [0.25, 0.3) is 0 Å². The van der Waals surface area contributed by atoms with Gasteiger partial charge in [-0.3, -0.25) is 14.7 Å². The Hall–Kier alpha value is -2.32. The lowest BCUT2D eigenvalue weighted by molar-refractivity contribution is -0.133. The number of hydrogen-bond acceptors (Lipinski definition) is 5. The SMILES string of the molecule is CN=C(NCCCN1CCCC1C(=O)N(C)C)NCc1ccc(C)cc1OCCOC. The molecule has 0 bridgehead atoms. The minimum absolute atomic E-state index is 0.0329. The van der Waals surface area contributed by atoms with Gasteiger partial charge < -0.3 is 25.0 Å². The summed E-state index contributed by atoms with van der Waals surface area (Å²) in [6.07, 6.45) is 3.00. The molecule has 0 saturated carbocycles. The minimum Gasteiger partial charge on any atom is -0.491 e. The van der Waals surface area contributed by atoms with Gasteiger partial charge in [0.15, 0.2) is 5.96 Å². The number of nitrogens with one attached hydrogen (secondary N) is 2. The Morgan fingerprint density at radius 1 is 1.29 bits per heavy atom. The number of hydrogen-bond donors (Lipinski definition) is 2. The summed E-state index contributed by atoms with van der Waals surface area (Å²) >= 11 is 0. The second kappa shape index (κ2) is 13.2. The highest BCUT2D eigenvalue weighted by Crippen LogP contribution is 2.20. The van der Waals surface area contributed by atoms with Gasteiger partial charge in [0.05, 0.1) is 12.6 Å². The highest BCUT2D eigenvalue weighted by atomic mass is 16.5. The van der Waals surface area contributed by atoms with Gasteiger partial charge in [-0.1, -0.05) is 12.1 Å². The van der Waals surface area contributed by atoms with Gasteiger partial charge in [0.1, 0.15) is 12.4 Å². The maximum atomic E-state index is 12.3. The number of benzene rings is 1. The zero-order valence-electron chi connectivity index (χ0n) is 19.7. The fourth-order valence-electron chi connectivity index (χ4n) is 3.74. The molecule has 2 rings (SSSR count). The standard InChI is InChI=1S/C23H39N5O3/c1-18-9-10-19(21(16-18)31-15-14-30-5)17-26-23(24-2)25-11-7-13-28-12-6-8-20(28)22(29)27(3)4/h9-10,16,20H,6-8,11-15,17H2,1-5H3,(H2,24,25,26). The van der Waals surface area contributed by atoms with Crippen LogP contribution in [-0.2, 0) is 16.1 Å². The average molecular weight is 434 g/mol. The van der Waals surface area contributed by atoms with Crippen LogP contribution in [0.4, 0.5) is 0 Å². The van der Waals surface area contributed by atoms with Crippen LogP contribution in [0.3, 0.4) is 0 Å². The van der Waals surface area contributed by atoms with E-state index in [4.69, 9.17) is 9.47 Å². The fourth-order valence-corrected chi connectivity index (χ4v) is 3.74. The third kappa shape index (κ3) is 8.03. The van der Waals surface area contributed by atoms with Crippen LogP contribution < -0.4 is 15.4 Å². The average Bonchev–Trinajstić information content (AvgIpc) is 3.22. The largest absolute Gasteiger partial charge is 0.491 e. The number of amides is 1. The molecule has 1 heterocycles. The Bertz CT molecular complexity index is 723. The first-order chi connectivity index (χ1) is 15.0. The van der Waals surface area contributed by atoms with E-state index >= 15 is 0 Å². The first kappa shape index (κ1) is 24.9. The summed E-state index contributed by atoms with van der Waals surface area (Å²) in [5.41, 5.74) is 2.23. The third-order valence-electron chi connectivity index (χ3n) is 5.44. The van der Waals surface area contributed by atoms with Gasteiger partial charge in [-0.15, -0.1) is 0 Å². The van der Waals surface area contributed by atoms with Crippen molar-refractivity contribution in [1.29, 1.82) is 0 Å². The van der Waals surface area contributed by atoms with E-state index in [1.807, 2.05) is 20.2 Å². The minimum atomic E-state index is 0.0329. The smallest absolute Gasteiger partial charge is 0.239 e. The van der Waals surface area contributed by atoms with Crippen LogP contribution in [0.25, 0.3) is 0 Å². The van der Waals surface area contributed by atoms with Crippen molar-refractivity contribution in [1.82, 2.24) is 20.4 Å². The van der Waals surface area contributed by atoms with Gasteiger partial charge in [-0.2, -0.15) is 0 Å². The van der Waals surface area contributed by atoms with Gasteiger partial charge in [-0.25, -0.2) is 0 Å². The Kier molecular flexibility index (Phi) is 10.6. The Balaban J connectivity index is 1.77. The molecular formula is C23H39N5O3. The van der Waals surface area contributed by atoms with E-state index in [9.17, 15) is 4.79 Å². The van der Waals surface area contributed by atoms with E-state index in [1.54, 1.807) is 19.1 Å². The van der Waals surface area contributed by atoms with E-state index in [2.05, 4.69) is 39.6 Å². The van der Waals surface area contributed by atoms with Crippen LogP contribution >= 0.6 is 0 Å². The number of guanidine groups is 1. The molecule has 1 aliphatic heterocycles. The Labute approximate surface area is 187 Å². The van der Waals surface area contributed by atoms with Crippen LogP contribution in [-0.4, -0.2) is 88.8 Å². The summed E-state index contributed by atoms with van der Waals surface area (Å²) in [4.78, 5) is 20.6. The maximum Gasteiger partial charge on any atom is 0.239 e. The zero-order valence-corrected chi connectivity index (χ0v) is 19.7. The number of aryl methyl sites for hydroxylation is 1. The fraction of sp³-hybridized carbons (Fsp3) is 0.652. The predicted octanol–water partition coefficient (Wildman–Crippen LogP) is 1.63. The molecule has 1 amide bonds. The molecule has 174 valence electrons. The van der Waals surface area contributed by atoms with Crippen molar-refractivity contribution in [2.45, 2.75) is 38.8 Å². The van der Waals surface area contributed by atoms with Gasteiger partial charge in [0.2, 0.25) is 5.91 Å². The topological polar surface area (TPSA) is 78.4 Å². The lowest BCUT2D eigenvalue weighted by Crippen LogP contribution is -2.44. The van der Waals surface area contributed by atoms with Crippen molar-refractivity contribution in [2.24, 2.45) is 4.99 Å². The molecule has 1 aromatic rings. The number of likely N-dealkylation sites (tertiary alicyclic amines) is 1. The molecule has 8 nitrogen and oxygen atoms in total. The molecule has 2 N–H and O–H groups in total. The number of aliphatic imine (C=N–C) groups is 1. The molecule has 0 aliphatic carbocycles. The van der Waals surface area contributed by atoms with Crippen molar-refractivity contribution in [3.05, 3.63) is 29.3 Å². The van der Waals surface area contributed by atoms with Gasteiger partial charge in [-0.05, 0) is 44.4 Å². The summed E-state index contributed by atoms with van der Waals surface area (Å²) in [7, 11) is 7.10. The lowest BCUT2D eigenvalue weighted by atomic mass is 10.1. The summed E-state index contributed by atoms with van der Waals surface area (Å²) in [6.45, 7) is 6.45. The number of ether oxygens (including phenoxy) is 2. The van der Waals surface area contributed by atoms with Crippen LogP contribution in [0, 0.1) is 6.92 Å². The van der Waals surface area contributed by atoms with Crippen molar-refractivity contribution in [3.8, 4) is 5.75 Å². The second-order valence-corrected chi connectivity index (χ2v) is 8.09. The molecule has 1 aromatic carbocycles. The molecule has 1 unspecified atom stereocenters. The lowest BCUT2D eigenvalue weighted by Gasteiger charge is -2.26. The number of carbonyl (C=O) groups excluding carboxylic acids is 1. The van der Waals surface area contributed by atoms with E-state index in [-0.39, 0.29) is 11.9 Å². The molecule has 1 atom stereocenters. The molecule has 1 saturated heterocycles. The van der Waals surface area contributed by atoms with E-state index in [1.165, 1.54) is 0 Å². The second-order valence-electron chi connectivity index (χ2n) is 8.09. The van der Waals surface area contributed by atoms with Crippen molar-refractivity contribution < 1.29 is 14.3 Å². The highest BCUT2D eigenvalue weighted by Gasteiger charge is 2.30. The zero-order chi connectivity index (χ0) is 22.6. The monoisotopic (exact) mass is 433 g/mol. The molecule has 0 radical (unpaired) electrons. The number of nitrogens with zero attached hydrogens (tertiary/aromatic N) is 3. The molecular weight excluding hydrogens is 394 g/mol. The van der Waals surface area contributed by atoms with E-state index in [0.717, 1.165) is 61.7 Å². The first-order valence-electron chi connectivity index (χ1n) is 11.1. The third-order valence-corrected chi connectivity index (χ3v) is 5.44. The number of rotatable bonds is 11. The van der Waals surface area contributed by atoms with Gasteiger partial charge >= 0.3 is 0 Å². The van der Waals surface area contributed by atoms with Crippen LogP contribution in [0.5, 0.6) is 5.75 Å².